The van der Waals surface area contributed by atoms with Crippen LogP contribution in [0.3, 0.4) is 0 Å². The third-order valence-electron chi connectivity index (χ3n) is 5.05. The van der Waals surface area contributed by atoms with Gasteiger partial charge in [0.1, 0.15) is 24.5 Å². The van der Waals surface area contributed by atoms with Crippen molar-refractivity contribution in [3.8, 4) is 5.75 Å². The highest BCUT2D eigenvalue weighted by Crippen LogP contribution is 2.24. The van der Waals surface area contributed by atoms with Crippen LogP contribution in [-0.2, 0) is 27.4 Å². The normalized spacial score (nSPS) is 15.6. The van der Waals surface area contributed by atoms with E-state index in [1.165, 1.54) is 30.0 Å². The Balaban J connectivity index is 1.83. The van der Waals surface area contributed by atoms with Crippen molar-refractivity contribution < 1.29 is 34.2 Å². The van der Waals surface area contributed by atoms with E-state index in [4.69, 9.17) is 20.4 Å². The second kappa shape index (κ2) is 12.2. The summed E-state index contributed by atoms with van der Waals surface area (Å²) < 4.78 is 5.37. The van der Waals surface area contributed by atoms with Crippen molar-refractivity contribution in [2.24, 2.45) is 5.73 Å². The van der Waals surface area contributed by atoms with Crippen molar-refractivity contribution in [3.05, 3.63) is 76.3 Å². The Bertz CT molecular complexity index is 1090. The number of amides is 2. The number of hydrogen-bond acceptors (Lipinski definition) is 9. The molecule has 0 spiro atoms. The number of thioether (sulfide) groups is 1. The molecule has 35 heavy (non-hydrogen) atoms. The molecule has 0 saturated carbocycles. The van der Waals surface area contributed by atoms with E-state index in [9.17, 15) is 19.5 Å². The average molecular weight is 502 g/mol. The standard InChI is InChI=1S/C24H27N3O7S/c1-2-35-21-12-17(34-26-21)13-27(24(32)33-14-15-6-4-3-5-7-15)22(29)18-10-16(8-9-20(18)28)11-19(25)23(30)31/h3-10,12,17,19,26,28H,2,11,13-14,25H2,1H3,(H,30,31)/t17?,19-/m0/s1. The molecule has 2 aromatic rings. The minimum atomic E-state index is -1.20. The number of hydrogen-bond donors (Lipinski definition) is 4. The molecule has 0 radical (unpaired) electrons. The Kier molecular flexibility index (Phi) is 9.12. The molecule has 1 heterocycles. The second-order valence-corrected chi connectivity index (χ2v) is 8.98. The summed E-state index contributed by atoms with van der Waals surface area (Å²) in [5.74, 6) is -1.59. The molecule has 1 aliphatic heterocycles. The molecule has 2 amide bonds. The van der Waals surface area contributed by atoms with Crippen LogP contribution >= 0.6 is 11.8 Å². The number of carbonyl (C=O) groups is 3. The maximum atomic E-state index is 13.4. The van der Waals surface area contributed by atoms with Gasteiger partial charge in [-0.2, -0.15) is 0 Å². The molecule has 10 nitrogen and oxygen atoms in total. The average Bonchev–Trinajstić information content (AvgIpc) is 3.29. The number of carboxylic acids is 1. The largest absolute Gasteiger partial charge is 0.507 e. The van der Waals surface area contributed by atoms with Gasteiger partial charge in [-0.25, -0.2) is 9.69 Å². The van der Waals surface area contributed by atoms with Crippen molar-refractivity contribution in [3.63, 3.8) is 0 Å². The van der Waals surface area contributed by atoms with Crippen LogP contribution in [0.25, 0.3) is 0 Å². The van der Waals surface area contributed by atoms with Crippen molar-refractivity contribution in [1.29, 1.82) is 0 Å². The van der Waals surface area contributed by atoms with Gasteiger partial charge < -0.3 is 20.7 Å². The second-order valence-electron chi connectivity index (χ2n) is 7.68. The molecule has 1 unspecified atom stereocenters. The van der Waals surface area contributed by atoms with E-state index in [0.717, 1.165) is 21.2 Å². The van der Waals surface area contributed by atoms with Gasteiger partial charge in [-0.05, 0) is 41.5 Å². The number of aromatic hydroxyl groups is 1. The number of phenols is 1. The number of nitrogens with two attached hydrogens (primary N) is 1. The minimum Gasteiger partial charge on any atom is -0.507 e. The number of rotatable bonds is 10. The van der Waals surface area contributed by atoms with Crippen molar-refractivity contribution in [2.45, 2.75) is 32.1 Å². The van der Waals surface area contributed by atoms with Gasteiger partial charge in [0.05, 0.1) is 17.1 Å². The molecule has 2 aromatic carbocycles. The molecular formula is C24H27N3O7S. The van der Waals surface area contributed by atoms with Crippen LogP contribution in [0.5, 0.6) is 5.75 Å². The van der Waals surface area contributed by atoms with E-state index in [0.29, 0.717) is 5.56 Å². The smallest absolute Gasteiger partial charge is 0.417 e. The van der Waals surface area contributed by atoms with Crippen LogP contribution in [0.4, 0.5) is 4.79 Å². The Morgan fingerprint density at radius 1 is 1.20 bits per heavy atom. The summed E-state index contributed by atoms with van der Waals surface area (Å²) >= 11 is 1.51. The quantitative estimate of drug-likeness (QED) is 0.382. The fourth-order valence-corrected chi connectivity index (χ4v) is 3.95. The Morgan fingerprint density at radius 2 is 1.94 bits per heavy atom. The zero-order valence-electron chi connectivity index (χ0n) is 19.0. The lowest BCUT2D eigenvalue weighted by Gasteiger charge is -2.23. The molecule has 1 aliphatic rings. The summed E-state index contributed by atoms with van der Waals surface area (Å²) in [6.07, 6.45) is 0.133. The van der Waals surface area contributed by atoms with E-state index in [-0.39, 0.29) is 30.9 Å². The highest BCUT2D eigenvalue weighted by atomic mass is 32.2. The summed E-state index contributed by atoms with van der Waals surface area (Å²) in [5.41, 5.74) is 9.32. The first-order valence-electron chi connectivity index (χ1n) is 10.9. The third kappa shape index (κ3) is 7.22. The number of benzene rings is 2. The van der Waals surface area contributed by atoms with E-state index in [1.807, 2.05) is 13.0 Å². The number of ether oxygens (including phenoxy) is 1. The summed E-state index contributed by atoms with van der Waals surface area (Å²) in [4.78, 5) is 43.8. The van der Waals surface area contributed by atoms with Gasteiger partial charge in [-0.15, -0.1) is 11.8 Å². The van der Waals surface area contributed by atoms with Crippen molar-refractivity contribution in [1.82, 2.24) is 10.4 Å². The van der Waals surface area contributed by atoms with Crippen LogP contribution in [-0.4, -0.2) is 57.5 Å². The van der Waals surface area contributed by atoms with Gasteiger partial charge in [0.2, 0.25) is 0 Å². The number of nitrogens with zero attached hydrogens (tertiary/aromatic N) is 1. The number of hydroxylamine groups is 1. The fourth-order valence-electron chi connectivity index (χ4n) is 3.28. The molecular weight excluding hydrogens is 474 g/mol. The molecule has 3 rings (SSSR count). The SMILES string of the molecule is CCSC1=CC(CN(C(=O)OCc2ccccc2)C(=O)c2cc(C[C@H](N)C(=O)O)ccc2O)ON1. The topological polar surface area (TPSA) is 151 Å². The number of imide groups is 1. The van der Waals surface area contributed by atoms with Gasteiger partial charge in [-0.3, -0.25) is 19.9 Å². The Morgan fingerprint density at radius 3 is 2.63 bits per heavy atom. The Labute approximate surface area is 206 Å². The predicted molar refractivity (Wildman–Crippen MR) is 129 cm³/mol. The van der Waals surface area contributed by atoms with Crippen LogP contribution in [0.1, 0.15) is 28.4 Å². The molecule has 2 atom stereocenters. The molecule has 11 heteroatoms. The van der Waals surface area contributed by atoms with Crippen molar-refractivity contribution >= 4 is 29.7 Å². The predicted octanol–water partition coefficient (Wildman–Crippen LogP) is 2.62. The lowest BCUT2D eigenvalue weighted by Crippen LogP contribution is -2.42. The van der Waals surface area contributed by atoms with E-state index in [1.54, 1.807) is 30.3 Å². The number of phenolic OH excluding ortho intramolecular Hbond substituents is 1. The van der Waals surface area contributed by atoms with Gasteiger partial charge in [0.25, 0.3) is 5.91 Å². The zero-order chi connectivity index (χ0) is 25.4. The lowest BCUT2D eigenvalue weighted by atomic mass is 10.0. The van der Waals surface area contributed by atoms with Gasteiger partial charge in [0, 0.05) is 0 Å². The Hall–Kier alpha value is -3.54. The maximum absolute atomic E-state index is 13.4. The summed E-state index contributed by atoms with van der Waals surface area (Å²) in [7, 11) is 0. The molecule has 0 saturated heterocycles. The molecule has 186 valence electrons. The lowest BCUT2D eigenvalue weighted by molar-refractivity contribution is -0.138. The van der Waals surface area contributed by atoms with Crippen LogP contribution in [0, 0.1) is 0 Å². The number of carboxylic acid groups (broad SMARTS) is 1. The monoisotopic (exact) mass is 501 g/mol. The minimum absolute atomic E-state index is 0.0561. The zero-order valence-corrected chi connectivity index (χ0v) is 19.9. The van der Waals surface area contributed by atoms with Gasteiger partial charge in [0.15, 0.2) is 0 Å². The molecule has 0 aromatic heterocycles. The first-order chi connectivity index (χ1) is 16.8. The van der Waals surface area contributed by atoms with Gasteiger partial charge in [-0.1, -0.05) is 43.3 Å². The highest BCUT2D eigenvalue weighted by Gasteiger charge is 2.31. The van der Waals surface area contributed by atoms with Crippen molar-refractivity contribution in [2.75, 3.05) is 12.3 Å². The van der Waals surface area contributed by atoms with E-state index in [2.05, 4.69) is 5.48 Å². The first-order valence-corrected chi connectivity index (χ1v) is 11.9. The summed E-state index contributed by atoms with van der Waals surface area (Å²) in [6, 6.07) is 11.8. The molecule has 0 fully saturated rings. The number of carbonyl (C=O) groups excluding carboxylic acids is 2. The van der Waals surface area contributed by atoms with E-state index < -0.39 is 30.1 Å². The molecule has 5 N–H and O–H groups in total. The number of aliphatic carboxylic acids is 1. The highest BCUT2D eigenvalue weighted by molar-refractivity contribution is 8.02. The maximum Gasteiger partial charge on any atom is 0.417 e. The molecule has 0 bridgehead atoms. The third-order valence-corrected chi connectivity index (χ3v) is 5.86. The van der Waals surface area contributed by atoms with E-state index >= 15 is 0 Å². The summed E-state index contributed by atoms with van der Waals surface area (Å²) in [5, 5.41) is 20.2. The first kappa shape index (κ1) is 26.1. The fraction of sp³-hybridized carbons (Fsp3) is 0.292. The van der Waals surface area contributed by atoms with Crippen LogP contribution in [0.15, 0.2) is 59.6 Å². The van der Waals surface area contributed by atoms with Crippen LogP contribution in [0.2, 0.25) is 0 Å². The van der Waals surface area contributed by atoms with Crippen LogP contribution < -0.4 is 11.2 Å². The number of nitrogens with one attached hydrogen (secondary N) is 1. The molecule has 0 aliphatic carbocycles. The summed E-state index contributed by atoms with van der Waals surface area (Å²) in [6.45, 7) is 1.74. The van der Waals surface area contributed by atoms with Gasteiger partial charge >= 0.3 is 12.1 Å².